The van der Waals surface area contributed by atoms with E-state index >= 15 is 0 Å². The van der Waals surface area contributed by atoms with E-state index < -0.39 is 5.54 Å². The molecule has 5 heteroatoms. The summed E-state index contributed by atoms with van der Waals surface area (Å²) < 4.78 is 0.504. The second kappa shape index (κ2) is 5.41. The van der Waals surface area contributed by atoms with Crippen molar-refractivity contribution >= 4 is 21.8 Å². The Bertz CT molecular complexity index is 378. The quantitative estimate of drug-likeness (QED) is 0.829. The lowest BCUT2D eigenvalue weighted by molar-refractivity contribution is 0.0846. The SMILES string of the molecule is CCC(C)(CO)NC(=O)c1cccnc1Br. The van der Waals surface area contributed by atoms with Gasteiger partial charge in [-0.15, -0.1) is 0 Å². The van der Waals surface area contributed by atoms with Gasteiger partial charge in [0.05, 0.1) is 17.7 Å². The highest BCUT2D eigenvalue weighted by atomic mass is 79.9. The Labute approximate surface area is 103 Å². The van der Waals surface area contributed by atoms with Gasteiger partial charge in [-0.1, -0.05) is 6.92 Å². The maximum absolute atomic E-state index is 11.9. The van der Waals surface area contributed by atoms with Gasteiger partial charge in [0.2, 0.25) is 0 Å². The van der Waals surface area contributed by atoms with Crippen molar-refractivity contribution in [2.24, 2.45) is 0 Å². The van der Waals surface area contributed by atoms with E-state index in [1.807, 2.05) is 6.92 Å². The van der Waals surface area contributed by atoms with Gasteiger partial charge < -0.3 is 10.4 Å². The minimum absolute atomic E-state index is 0.0902. The fraction of sp³-hybridized carbons (Fsp3) is 0.455. The van der Waals surface area contributed by atoms with Gasteiger partial charge in [0.25, 0.3) is 5.91 Å². The van der Waals surface area contributed by atoms with Gasteiger partial charge in [0.15, 0.2) is 0 Å². The number of aliphatic hydroxyl groups is 1. The summed E-state index contributed by atoms with van der Waals surface area (Å²) >= 11 is 3.21. The topological polar surface area (TPSA) is 62.2 Å². The van der Waals surface area contributed by atoms with E-state index in [-0.39, 0.29) is 12.5 Å². The van der Waals surface area contributed by atoms with Crippen LogP contribution < -0.4 is 5.32 Å². The summed E-state index contributed by atoms with van der Waals surface area (Å²) in [6.07, 6.45) is 2.26. The predicted molar refractivity (Wildman–Crippen MR) is 65.2 cm³/mol. The van der Waals surface area contributed by atoms with Crippen molar-refractivity contribution in [2.45, 2.75) is 25.8 Å². The molecule has 1 unspecified atom stereocenters. The number of carbonyl (C=O) groups is 1. The second-order valence-corrected chi connectivity index (χ2v) is 4.62. The van der Waals surface area contributed by atoms with Gasteiger partial charge in [-0.25, -0.2) is 4.98 Å². The van der Waals surface area contributed by atoms with Gasteiger partial charge >= 0.3 is 0 Å². The molecule has 1 aromatic heterocycles. The van der Waals surface area contributed by atoms with Crippen LogP contribution in [-0.4, -0.2) is 28.1 Å². The van der Waals surface area contributed by atoms with E-state index in [4.69, 9.17) is 0 Å². The van der Waals surface area contributed by atoms with Crippen LogP contribution >= 0.6 is 15.9 Å². The number of hydrogen-bond donors (Lipinski definition) is 2. The molecule has 0 aromatic carbocycles. The lowest BCUT2D eigenvalue weighted by Gasteiger charge is -2.27. The lowest BCUT2D eigenvalue weighted by atomic mass is 10.00. The molecular weight excluding hydrogens is 272 g/mol. The summed E-state index contributed by atoms with van der Waals surface area (Å²) in [6, 6.07) is 3.38. The number of halogens is 1. The third kappa shape index (κ3) is 3.02. The summed E-state index contributed by atoms with van der Waals surface area (Å²) in [7, 11) is 0. The van der Waals surface area contributed by atoms with Gasteiger partial charge in [-0.3, -0.25) is 4.79 Å². The first kappa shape index (κ1) is 13.1. The molecular formula is C11H15BrN2O2. The molecule has 0 aliphatic carbocycles. The molecule has 0 fully saturated rings. The number of rotatable bonds is 4. The van der Waals surface area contributed by atoms with Crippen molar-refractivity contribution < 1.29 is 9.90 Å². The standard InChI is InChI=1S/C11H15BrN2O2/c1-3-11(2,7-15)14-10(16)8-5-4-6-13-9(8)12/h4-6,15H,3,7H2,1-2H3,(H,14,16). The minimum atomic E-state index is -0.591. The Balaban J connectivity index is 2.84. The van der Waals surface area contributed by atoms with Gasteiger partial charge in [0.1, 0.15) is 4.60 Å². The molecule has 4 nitrogen and oxygen atoms in total. The first-order chi connectivity index (χ1) is 7.52. The summed E-state index contributed by atoms with van der Waals surface area (Å²) in [5.74, 6) is -0.238. The van der Waals surface area contributed by atoms with Crippen LogP contribution in [0.15, 0.2) is 22.9 Å². The summed E-state index contributed by atoms with van der Waals surface area (Å²) in [4.78, 5) is 15.9. The zero-order valence-electron chi connectivity index (χ0n) is 9.33. The first-order valence-electron chi connectivity index (χ1n) is 5.06. The molecule has 0 aliphatic rings. The zero-order chi connectivity index (χ0) is 12.2. The minimum Gasteiger partial charge on any atom is -0.394 e. The number of pyridine rings is 1. The van der Waals surface area contributed by atoms with Crippen LogP contribution in [0.1, 0.15) is 30.6 Å². The smallest absolute Gasteiger partial charge is 0.254 e. The highest BCUT2D eigenvalue weighted by molar-refractivity contribution is 9.10. The lowest BCUT2D eigenvalue weighted by Crippen LogP contribution is -2.48. The van der Waals surface area contributed by atoms with E-state index in [1.165, 1.54) is 0 Å². The van der Waals surface area contributed by atoms with Crippen LogP contribution in [0.2, 0.25) is 0 Å². The molecule has 2 N–H and O–H groups in total. The molecule has 0 aliphatic heterocycles. The van der Waals surface area contributed by atoms with E-state index in [0.29, 0.717) is 16.6 Å². The van der Waals surface area contributed by atoms with Crippen molar-refractivity contribution in [3.63, 3.8) is 0 Å². The number of hydrogen-bond acceptors (Lipinski definition) is 3. The molecule has 1 heterocycles. The molecule has 0 spiro atoms. The number of amides is 1. The van der Waals surface area contributed by atoms with Gasteiger partial charge in [-0.2, -0.15) is 0 Å². The van der Waals surface area contributed by atoms with Crippen LogP contribution in [0.25, 0.3) is 0 Å². The van der Waals surface area contributed by atoms with E-state index in [1.54, 1.807) is 25.3 Å². The molecule has 0 saturated heterocycles. The molecule has 88 valence electrons. The molecule has 1 aromatic rings. The van der Waals surface area contributed by atoms with Crippen molar-refractivity contribution in [1.29, 1.82) is 0 Å². The Kier molecular flexibility index (Phi) is 4.44. The normalized spacial score (nSPS) is 14.2. The molecule has 0 bridgehead atoms. The third-order valence-corrected chi connectivity index (χ3v) is 3.18. The van der Waals surface area contributed by atoms with Gasteiger partial charge in [0, 0.05) is 6.20 Å². The Hall–Kier alpha value is -0.940. The largest absolute Gasteiger partial charge is 0.394 e. The number of nitrogens with zero attached hydrogens (tertiary/aromatic N) is 1. The first-order valence-corrected chi connectivity index (χ1v) is 5.85. The number of aliphatic hydroxyl groups excluding tert-OH is 1. The molecule has 0 radical (unpaired) electrons. The maximum Gasteiger partial charge on any atom is 0.254 e. The zero-order valence-corrected chi connectivity index (χ0v) is 10.9. The third-order valence-electron chi connectivity index (χ3n) is 2.55. The van der Waals surface area contributed by atoms with E-state index in [0.717, 1.165) is 0 Å². The Morgan fingerprint density at radius 3 is 2.88 bits per heavy atom. The number of carbonyl (C=O) groups excluding carboxylic acids is 1. The van der Waals surface area contributed by atoms with Crippen LogP contribution in [0.3, 0.4) is 0 Å². The van der Waals surface area contributed by atoms with E-state index in [2.05, 4.69) is 26.2 Å². The Morgan fingerprint density at radius 1 is 1.69 bits per heavy atom. The van der Waals surface area contributed by atoms with Crippen LogP contribution in [0.5, 0.6) is 0 Å². The van der Waals surface area contributed by atoms with Crippen molar-refractivity contribution in [2.75, 3.05) is 6.61 Å². The second-order valence-electron chi connectivity index (χ2n) is 3.87. The molecule has 16 heavy (non-hydrogen) atoms. The number of aromatic nitrogens is 1. The summed E-state index contributed by atoms with van der Waals surface area (Å²) in [5, 5.41) is 12.0. The molecule has 1 atom stereocenters. The van der Waals surface area contributed by atoms with Crippen LogP contribution in [-0.2, 0) is 0 Å². The molecule has 1 amide bonds. The van der Waals surface area contributed by atoms with Crippen molar-refractivity contribution in [3.8, 4) is 0 Å². The molecule has 1 rings (SSSR count). The monoisotopic (exact) mass is 286 g/mol. The maximum atomic E-state index is 11.9. The van der Waals surface area contributed by atoms with E-state index in [9.17, 15) is 9.90 Å². The summed E-state index contributed by atoms with van der Waals surface area (Å²) in [6.45, 7) is 3.62. The average molecular weight is 287 g/mol. The van der Waals surface area contributed by atoms with Crippen molar-refractivity contribution in [1.82, 2.24) is 10.3 Å². The highest BCUT2D eigenvalue weighted by Crippen LogP contribution is 2.15. The fourth-order valence-corrected chi connectivity index (χ4v) is 1.57. The molecule has 0 saturated carbocycles. The van der Waals surface area contributed by atoms with Crippen LogP contribution in [0.4, 0.5) is 0 Å². The van der Waals surface area contributed by atoms with Crippen molar-refractivity contribution in [3.05, 3.63) is 28.5 Å². The van der Waals surface area contributed by atoms with Gasteiger partial charge in [-0.05, 0) is 41.4 Å². The highest BCUT2D eigenvalue weighted by Gasteiger charge is 2.24. The van der Waals surface area contributed by atoms with Crippen LogP contribution in [0, 0.1) is 0 Å². The number of nitrogens with one attached hydrogen (secondary N) is 1. The average Bonchev–Trinajstić information content (AvgIpc) is 2.29. The predicted octanol–water partition coefficient (Wildman–Crippen LogP) is 1.73. The Morgan fingerprint density at radius 2 is 2.38 bits per heavy atom. The fourth-order valence-electron chi connectivity index (χ4n) is 1.14. The summed E-state index contributed by atoms with van der Waals surface area (Å²) in [5.41, 5.74) is -0.123.